The number of methoxy groups -OCH3 is 1. The molecule has 0 aliphatic heterocycles. The second-order valence-corrected chi connectivity index (χ2v) is 5.21. The highest BCUT2D eigenvalue weighted by atomic mass is 16.5. The number of benzene rings is 2. The lowest BCUT2D eigenvalue weighted by atomic mass is 10.1. The summed E-state index contributed by atoms with van der Waals surface area (Å²) in [6, 6.07) is 13.3. The summed E-state index contributed by atoms with van der Waals surface area (Å²) in [5.41, 5.74) is 1.37. The molecule has 7 heteroatoms. The first-order chi connectivity index (χ1) is 12.0. The van der Waals surface area contributed by atoms with Crippen molar-refractivity contribution in [2.45, 2.75) is 12.8 Å². The maximum absolute atomic E-state index is 12.3. The van der Waals surface area contributed by atoms with Crippen LogP contribution in [0.1, 0.15) is 23.2 Å². The lowest BCUT2D eigenvalue weighted by Crippen LogP contribution is -2.15. The monoisotopic (exact) mass is 342 g/mol. The van der Waals surface area contributed by atoms with Gasteiger partial charge in [-0.05, 0) is 30.3 Å². The Balaban J connectivity index is 2.03. The smallest absolute Gasteiger partial charge is 0.303 e. The van der Waals surface area contributed by atoms with E-state index in [2.05, 4.69) is 10.6 Å². The predicted octanol–water partition coefficient (Wildman–Crippen LogP) is 2.75. The molecule has 130 valence electrons. The fourth-order valence-electron chi connectivity index (χ4n) is 2.09. The van der Waals surface area contributed by atoms with Crippen molar-refractivity contribution in [3.05, 3.63) is 54.1 Å². The number of ether oxygens (including phenoxy) is 1. The molecule has 0 heterocycles. The number of rotatable bonds is 7. The van der Waals surface area contributed by atoms with E-state index in [-0.39, 0.29) is 18.7 Å². The summed E-state index contributed by atoms with van der Waals surface area (Å²) in [6.07, 6.45) is -0.378. The molecule has 0 unspecified atom stereocenters. The molecule has 0 aliphatic carbocycles. The van der Waals surface area contributed by atoms with Crippen molar-refractivity contribution in [3.63, 3.8) is 0 Å². The molecule has 2 aromatic rings. The summed E-state index contributed by atoms with van der Waals surface area (Å²) >= 11 is 0. The summed E-state index contributed by atoms with van der Waals surface area (Å²) < 4.78 is 5.10. The molecular formula is C18H18N2O5. The van der Waals surface area contributed by atoms with Gasteiger partial charge in [0.05, 0.1) is 13.5 Å². The molecule has 0 saturated heterocycles. The number of anilines is 2. The SMILES string of the molecule is COc1cccc(NC(=O)c2cccc(NC(=O)CCC(=O)O)c2)c1. The van der Waals surface area contributed by atoms with Gasteiger partial charge in [0.15, 0.2) is 0 Å². The molecule has 0 spiro atoms. The van der Waals surface area contributed by atoms with Crippen molar-refractivity contribution in [2.75, 3.05) is 17.7 Å². The lowest BCUT2D eigenvalue weighted by molar-refractivity contribution is -0.138. The van der Waals surface area contributed by atoms with E-state index in [1.54, 1.807) is 42.5 Å². The third-order valence-electron chi connectivity index (χ3n) is 3.30. The van der Waals surface area contributed by atoms with Crippen LogP contribution in [0.3, 0.4) is 0 Å². The van der Waals surface area contributed by atoms with Gasteiger partial charge in [0, 0.05) is 29.4 Å². The minimum atomic E-state index is -1.04. The van der Waals surface area contributed by atoms with Crippen LogP contribution in [0.4, 0.5) is 11.4 Å². The first-order valence-corrected chi connectivity index (χ1v) is 7.55. The van der Waals surface area contributed by atoms with Gasteiger partial charge in [-0.1, -0.05) is 12.1 Å². The van der Waals surface area contributed by atoms with Gasteiger partial charge in [-0.15, -0.1) is 0 Å². The first-order valence-electron chi connectivity index (χ1n) is 7.55. The number of carbonyl (C=O) groups excluding carboxylic acids is 2. The van der Waals surface area contributed by atoms with Crippen LogP contribution < -0.4 is 15.4 Å². The van der Waals surface area contributed by atoms with Crippen LogP contribution in [0.25, 0.3) is 0 Å². The second kappa shape index (κ2) is 8.49. The van der Waals surface area contributed by atoms with E-state index < -0.39 is 11.9 Å². The molecule has 0 aromatic heterocycles. The van der Waals surface area contributed by atoms with Gasteiger partial charge in [0.25, 0.3) is 5.91 Å². The van der Waals surface area contributed by atoms with E-state index in [9.17, 15) is 14.4 Å². The maximum atomic E-state index is 12.3. The average molecular weight is 342 g/mol. The molecule has 0 saturated carbocycles. The molecule has 0 radical (unpaired) electrons. The highest BCUT2D eigenvalue weighted by molar-refractivity contribution is 6.05. The fraction of sp³-hybridized carbons (Fsp3) is 0.167. The zero-order valence-electron chi connectivity index (χ0n) is 13.6. The van der Waals surface area contributed by atoms with E-state index in [0.29, 0.717) is 22.7 Å². The third-order valence-corrected chi connectivity index (χ3v) is 3.30. The summed E-state index contributed by atoms with van der Waals surface area (Å²) in [4.78, 5) is 34.5. The van der Waals surface area contributed by atoms with Crippen LogP contribution in [0.2, 0.25) is 0 Å². The van der Waals surface area contributed by atoms with Crippen molar-refractivity contribution >= 4 is 29.2 Å². The maximum Gasteiger partial charge on any atom is 0.303 e. The summed E-state index contributed by atoms with van der Waals surface area (Å²) in [6.45, 7) is 0. The summed E-state index contributed by atoms with van der Waals surface area (Å²) in [7, 11) is 1.54. The molecule has 7 nitrogen and oxygen atoms in total. The van der Waals surface area contributed by atoms with E-state index in [1.807, 2.05) is 0 Å². The van der Waals surface area contributed by atoms with Gasteiger partial charge in [0.1, 0.15) is 5.75 Å². The van der Waals surface area contributed by atoms with E-state index in [4.69, 9.17) is 9.84 Å². The van der Waals surface area contributed by atoms with Crippen molar-refractivity contribution in [1.29, 1.82) is 0 Å². The highest BCUT2D eigenvalue weighted by Gasteiger charge is 2.10. The lowest BCUT2D eigenvalue weighted by Gasteiger charge is -2.09. The molecule has 3 N–H and O–H groups in total. The molecule has 2 rings (SSSR count). The molecule has 25 heavy (non-hydrogen) atoms. The molecule has 0 fully saturated rings. The first kappa shape index (κ1) is 18.0. The Morgan fingerprint density at radius 3 is 2.32 bits per heavy atom. The van der Waals surface area contributed by atoms with Crippen molar-refractivity contribution < 1.29 is 24.2 Å². The van der Waals surface area contributed by atoms with E-state index >= 15 is 0 Å². The van der Waals surface area contributed by atoms with Gasteiger partial charge < -0.3 is 20.5 Å². The Morgan fingerprint density at radius 2 is 1.64 bits per heavy atom. The van der Waals surface area contributed by atoms with Crippen LogP contribution >= 0.6 is 0 Å². The Hall–Kier alpha value is -3.35. The predicted molar refractivity (Wildman–Crippen MR) is 92.9 cm³/mol. The molecule has 2 amide bonds. The Bertz CT molecular complexity index is 789. The largest absolute Gasteiger partial charge is 0.497 e. The van der Waals surface area contributed by atoms with E-state index in [1.165, 1.54) is 13.2 Å². The van der Waals surface area contributed by atoms with Crippen LogP contribution in [0.15, 0.2) is 48.5 Å². The third kappa shape index (κ3) is 5.65. The Morgan fingerprint density at radius 1 is 0.960 bits per heavy atom. The standard InChI is InChI=1S/C18H18N2O5/c1-25-15-7-3-6-14(11-15)20-18(24)12-4-2-5-13(10-12)19-16(21)8-9-17(22)23/h2-7,10-11H,8-9H2,1H3,(H,19,21)(H,20,24)(H,22,23). The normalized spacial score (nSPS) is 9.96. The van der Waals surface area contributed by atoms with Crippen LogP contribution in [-0.2, 0) is 9.59 Å². The van der Waals surface area contributed by atoms with Crippen molar-refractivity contribution in [1.82, 2.24) is 0 Å². The van der Waals surface area contributed by atoms with Crippen molar-refractivity contribution in [2.24, 2.45) is 0 Å². The highest BCUT2D eigenvalue weighted by Crippen LogP contribution is 2.18. The number of aliphatic carboxylic acids is 1. The zero-order valence-corrected chi connectivity index (χ0v) is 13.6. The van der Waals surface area contributed by atoms with Gasteiger partial charge in [-0.2, -0.15) is 0 Å². The number of nitrogens with one attached hydrogen (secondary N) is 2. The van der Waals surface area contributed by atoms with Gasteiger partial charge in [0.2, 0.25) is 5.91 Å². The molecule has 2 aromatic carbocycles. The number of hydrogen-bond donors (Lipinski definition) is 3. The number of hydrogen-bond acceptors (Lipinski definition) is 4. The number of amides is 2. The molecule has 0 bridgehead atoms. The average Bonchev–Trinajstić information content (AvgIpc) is 2.60. The topological polar surface area (TPSA) is 105 Å². The Kier molecular flexibility index (Phi) is 6.11. The van der Waals surface area contributed by atoms with Crippen molar-refractivity contribution in [3.8, 4) is 5.75 Å². The van der Waals surface area contributed by atoms with Crippen LogP contribution in [0.5, 0.6) is 5.75 Å². The number of carboxylic acids is 1. The minimum Gasteiger partial charge on any atom is -0.497 e. The van der Waals surface area contributed by atoms with Gasteiger partial charge >= 0.3 is 5.97 Å². The molecule has 0 atom stereocenters. The molecule has 0 aliphatic rings. The summed E-state index contributed by atoms with van der Waals surface area (Å²) in [5, 5.41) is 13.9. The quantitative estimate of drug-likeness (QED) is 0.717. The van der Waals surface area contributed by atoms with Gasteiger partial charge in [-0.25, -0.2) is 0 Å². The molecular weight excluding hydrogens is 324 g/mol. The van der Waals surface area contributed by atoms with Gasteiger partial charge in [-0.3, -0.25) is 14.4 Å². The zero-order chi connectivity index (χ0) is 18.2. The van der Waals surface area contributed by atoms with Crippen LogP contribution in [0, 0.1) is 0 Å². The van der Waals surface area contributed by atoms with E-state index in [0.717, 1.165) is 0 Å². The Labute approximate surface area is 144 Å². The fourth-order valence-corrected chi connectivity index (χ4v) is 2.09. The number of carboxylic acid groups (broad SMARTS) is 1. The van der Waals surface area contributed by atoms with Crippen LogP contribution in [-0.4, -0.2) is 30.0 Å². The second-order valence-electron chi connectivity index (χ2n) is 5.21. The number of carbonyl (C=O) groups is 3. The minimum absolute atomic E-state index is 0.129. The summed E-state index contributed by atoms with van der Waals surface area (Å²) in [5.74, 6) is -1.18.